The lowest BCUT2D eigenvalue weighted by Crippen LogP contribution is -2.32. The van der Waals surface area contributed by atoms with Crippen molar-refractivity contribution >= 4 is 40.4 Å². The third-order valence-corrected chi connectivity index (χ3v) is 6.73. The quantitative estimate of drug-likeness (QED) is 0.401. The smallest absolute Gasteiger partial charge is 0.273 e. The van der Waals surface area contributed by atoms with Gasteiger partial charge >= 0.3 is 0 Å². The van der Waals surface area contributed by atoms with Gasteiger partial charge < -0.3 is 4.74 Å². The van der Waals surface area contributed by atoms with Gasteiger partial charge in [-0.15, -0.1) is 11.3 Å². The molecule has 34 heavy (non-hydrogen) atoms. The Bertz CT molecular complexity index is 1640. The van der Waals surface area contributed by atoms with Gasteiger partial charge in [-0.1, -0.05) is 29.8 Å². The number of ether oxygens (including phenoxy) is 1. The number of ketones is 1. The lowest BCUT2D eigenvalue weighted by molar-refractivity contribution is 0.105. The number of rotatable bonds is 5. The number of thiazole rings is 1. The molecule has 0 unspecified atom stereocenters. The predicted octanol–water partition coefficient (Wildman–Crippen LogP) is 2.99. The molecule has 2 aromatic heterocycles. The van der Waals surface area contributed by atoms with Crippen molar-refractivity contribution in [2.45, 2.75) is 6.92 Å². The van der Waals surface area contributed by atoms with Gasteiger partial charge in [0.2, 0.25) is 5.78 Å². The minimum atomic E-state index is -0.539. The van der Waals surface area contributed by atoms with E-state index in [4.69, 9.17) is 16.3 Å². The van der Waals surface area contributed by atoms with Crippen LogP contribution in [0.2, 0.25) is 5.02 Å². The van der Waals surface area contributed by atoms with E-state index in [2.05, 4.69) is 5.10 Å². The number of carbonyl (C=O) groups excluding carboxylic acids is 1. The molecular formula is C25H19ClN4O3S. The highest BCUT2D eigenvalue weighted by molar-refractivity contribution is 7.07. The average Bonchev–Trinajstić information content (AvgIpc) is 3.39. The highest BCUT2D eigenvalue weighted by Gasteiger charge is 2.22. The van der Waals surface area contributed by atoms with Crippen LogP contribution in [0.5, 0.6) is 5.75 Å². The zero-order valence-corrected chi connectivity index (χ0v) is 20.1. The van der Waals surface area contributed by atoms with Crippen LogP contribution in [-0.2, 0) is 7.05 Å². The maximum absolute atomic E-state index is 13.6. The number of carbonyl (C=O) groups is 1. The molecule has 2 aromatic carbocycles. The van der Waals surface area contributed by atoms with E-state index in [0.29, 0.717) is 26.6 Å². The topological polar surface area (TPSA) is 89.9 Å². The molecule has 4 rings (SSSR count). The summed E-state index contributed by atoms with van der Waals surface area (Å²) < 4.78 is 8.88. The number of aryl methyl sites for hydroxylation is 1. The van der Waals surface area contributed by atoms with Gasteiger partial charge in [0.05, 0.1) is 29.1 Å². The number of halogens is 1. The highest BCUT2D eigenvalue weighted by Crippen LogP contribution is 2.23. The molecule has 0 amide bonds. The average molecular weight is 491 g/mol. The van der Waals surface area contributed by atoms with Crippen molar-refractivity contribution in [1.29, 1.82) is 5.26 Å². The van der Waals surface area contributed by atoms with Crippen molar-refractivity contribution in [3.63, 3.8) is 0 Å². The lowest BCUT2D eigenvalue weighted by atomic mass is 10.0. The maximum Gasteiger partial charge on any atom is 0.273 e. The fourth-order valence-electron chi connectivity index (χ4n) is 3.54. The van der Waals surface area contributed by atoms with E-state index < -0.39 is 5.78 Å². The molecule has 0 saturated carbocycles. The third-order valence-electron chi connectivity index (χ3n) is 5.23. The molecule has 0 N–H and O–H groups in total. The number of nitrogens with zero attached hydrogens (tertiary/aromatic N) is 4. The minimum Gasteiger partial charge on any atom is -0.496 e. The highest BCUT2D eigenvalue weighted by atomic mass is 35.5. The first kappa shape index (κ1) is 23.2. The first-order valence-electron chi connectivity index (χ1n) is 10.2. The molecule has 0 bridgehead atoms. The Balaban J connectivity index is 2.11. The summed E-state index contributed by atoms with van der Waals surface area (Å²) in [5.74, 6) is -0.200. The summed E-state index contributed by atoms with van der Waals surface area (Å²) >= 11 is 7.40. The second kappa shape index (κ2) is 9.51. The van der Waals surface area contributed by atoms with E-state index >= 15 is 0 Å². The van der Waals surface area contributed by atoms with Crippen molar-refractivity contribution < 1.29 is 9.53 Å². The molecule has 170 valence electrons. The Morgan fingerprint density at radius 1 is 1.24 bits per heavy atom. The summed E-state index contributed by atoms with van der Waals surface area (Å²) in [7, 11) is 3.23. The van der Waals surface area contributed by atoms with Crippen LogP contribution in [0, 0.1) is 18.3 Å². The Hall–Kier alpha value is -3.93. The Morgan fingerprint density at radius 2 is 2.00 bits per heavy atom. The number of hydrogen-bond donors (Lipinski definition) is 0. The molecular weight excluding hydrogens is 472 g/mol. The zero-order chi connectivity index (χ0) is 24.4. The Morgan fingerprint density at radius 3 is 2.68 bits per heavy atom. The fourth-order valence-corrected chi connectivity index (χ4v) is 4.80. The fraction of sp³-hybridized carbons (Fsp3) is 0.120. The van der Waals surface area contributed by atoms with E-state index in [1.54, 1.807) is 79.6 Å². The number of hydrogen-bond acceptors (Lipinski definition) is 6. The minimum absolute atomic E-state index is 0.170. The first-order valence-corrected chi connectivity index (χ1v) is 11.3. The van der Waals surface area contributed by atoms with Crippen LogP contribution in [0.25, 0.3) is 17.3 Å². The van der Waals surface area contributed by atoms with Gasteiger partial charge in [0.1, 0.15) is 22.1 Å². The molecule has 0 aliphatic carbocycles. The second-order valence-corrected chi connectivity index (χ2v) is 8.84. The van der Waals surface area contributed by atoms with Gasteiger partial charge in [0, 0.05) is 23.8 Å². The largest absolute Gasteiger partial charge is 0.496 e. The van der Waals surface area contributed by atoms with Crippen molar-refractivity contribution in [3.05, 3.63) is 96.1 Å². The van der Waals surface area contributed by atoms with E-state index in [0.717, 1.165) is 16.9 Å². The van der Waals surface area contributed by atoms with Crippen molar-refractivity contribution in [2.75, 3.05) is 7.11 Å². The number of aromatic nitrogens is 3. The molecule has 7 nitrogen and oxygen atoms in total. The third kappa shape index (κ3) is 4.19. The van der Waals surface area contributed by atoms with Crippen LogP contribution in [0.15, 0.2) is 59.7 Å². The number of methoxy groups -OCH3 is 1. The summed E-state index contributed by atoms with van der Waals surface area (Å²) in [4.78, 5) is 27.1. The molecule has 0 aliphatic heterocycles. The van der Waals surface area contributed by atoms with Crippen molar-refractivity contribution in [2.24, 2.45) is 7.05 Å². The molecule has 9 heteroatoms. The van der Waals surface area contributed by atoms with Crippen molar-refractivity contribution in [3.8, 4) is 17.5 Å². The van der Waals surface area contributed by atoms with Gasteiger partial charge in [-0.05, 0) is 42.8 Å². The molecule has 2 heterocycles. The van der Waals surface area contributed by atoms with Crippen LogP contribution in [0.1, 0.15) is 21.5 Å². The van der Waals surface area contributed by atoms with Gasteiger partial charge in [0.25, 0.3) is 5.56 Å². The van der Waals surface area contributed by atoms with E-state index in [1.807, 2.05) is 6.07 Å². The van der Waals surface area contributed by atoms with Gasteiger partial charge in [-0.3, -0.25) is 18.8 Å². The van der Waals surface area contributed by atoms with Crippen LogP contribution >= 0.6 is 22.9 Å². The Kier molecular flexibility index (Phi) is 6.50. The van der Waals surface area contributed by atoms with E-state index in [-0.39, 0.29) is 21.4 Å². The standard InChI is InChI=1S/C25H19ClN4O3S/c1-15-19(26)8-6-9-20(15)30-24(32)22(11-16-13-28-29(2)14-16)34-25(30)18(12-27)23(31)17-7-4-5-10-21(17)33-3/h4-11,13-14H,1-3H3. The molecule has 0 radical (unpaired) electrons. The van der Waals surface area contributed by atoms with Gasteiger partial charge in [0.15, 0.2) is 0 Å². The molecule has 0 spiro atoms. The Labute approximate surface area is 204 Å². The number of para-hydroxylation sites is 1. The van der Waals surface area contributed by atoms with Gasteiger partial charge in [-0.25, -0.2) is 0 Å². The summed E-state index contributed by atoms with van der Waals surface area (Å²) in [6, 6.07) is 13.8. The zero-order valence-electron chi connectivity index (χ0n) is 18.6. The summed E-state index contributed by atoms with van der Waals surface area (Å²) in [6.07, 6.45) is 5.08. The summed E-state index contributed by atoms with van der Waals surface area (Å²) in [5, 5.41) is 14.7. The van der Waals surface area contributed by atoms with Gasteiger partial charge in [-0.2, -0.15) is 10.4 Å². The maximum atomic E-state index is 13.6. The molecule has 0 aliphatic rings. The molecule has 0 saturated heterocycles. The normalized spacial score (nSPS) is 12.4. The lowest BCUT2D eigenvalue weighted by Gasteiger charge is -2.09. The second-order valence-electron chi connectivity index (χ2n) is 7.40. The molecule has 0 atom stereocenters. The predicted molar refractivity (Wildman–Crippen MR) is 132 cm³/mol. The summed E-state index contributed by atoms with van der Waals surface area (Å²) in [6.45, 7) is 1.78. The van der Waals surface area contributed by atoms with E-state index in [1.165, 1.54) is 11.7 Å². The van der Waals surface area contributed by atoms with Crippen LogP contribution < -0.4 is 19.5 Å². The van der Waals surface area contributed by atoms with Crippen molar-refractivity contribution in [1.82, 2.24) is 14.3 Å². The molecule has 0 fully saturated rings. The SMILES string of the molecule is COc1ccccc1C(=O)C(C#N)=c1sc(=Cc2cnn(C)c2)c(=O)n1-c1cccc(Cl)c1C. The number of benzene rings is 2. The van der Waals surface area contributed by atoms with Crippen LogP contribution in [-0.4, -0.2) is 27.2 Å². The first-order chi connectivity index (χ1) is 16.3. The summed E-state index contributed by atoms with van der Waals surface area (Å²) in [5.41, 5.74) is 1.56. The number of Topliss-reactive ketones (excluding diaryl/α,β-unsaturated/α-hetero) is 1. The van der Waals surface area contributed by atoms with Crippen LogP contribution in [0.3, 0.4) is 0 Å². The molecule has 4 aromatic rings. The van der Waals surface area contributed by atoms with E-state index in [9.17, 15) is 14.9 Å². The van der Waals surface area contributed by atoms with Crippen LogP contribution in [0.4, 0.5) is 0 Å². The number of nitriles is 1. The monoisotopic (exact) mass is 490 g/mol.